The zero-order chi connectivity index (χ0) is 30.3. The fourth-order valence-corrected chi connectivity index (χ4v) is 7.98. The van der Waals surface area contributed by atoms with Crippen molar-refractivity contribution in [2.45, 2.75) is 83.0 Å². The van der Waals surface area contributed by atoms with Gasteiger partial charge in [-0.05, 0) is 56.1 Å². The number of nitrogens with one attached hydrogen (secondary N) is 1. The summed E-state index contributed by atoms with van der Waals surface area (Å²) < 4.78 is 5.05. The molecule has 3 saturated carbocycles. The fraction of sp³-hybridized carbons (Fsp3) is 0.655. The molecule has 0 unspecified atom stereocenters. The summed E-state index contributed by atoms with van der Waals surface area (Å²) in [6, 6.07) is -1.65. The maximum absolute atomic E-state index is 13.3. The number of Topliss-reactive ketones (excluding diaryl/α,β-unsaturated/α-hetero) is 1. The van der Waals surface area contributed by atoms with Crippen molar-refractivity contribution in [3.05, 3.63) is 23.8 Å². The number of aliphatic hydroxyl groups is 2. The first-order chi connectivity index (χ1) is 19.1. The Labute approximate surface area is 236 Å². The number of aliphatic hydroxyl groups excluding tert-OH is 1. The van der Waals surface area contributed by atoms with Crippen LogP contribution in [0.1, 0.15) is 65.2 Å². The van der Waals surface area contributed by atoms with Crippen LogP contribution in [0.25, 0.3) is 0 Å². The van der Waals surface area contributed by atoms with Crippen molar-refractivity contribution < 1.29 is 53.9 Å². The molecule has 0 aromatic carbocycles. The Hall–Kier alpha value is -3.38. The molecule has 0 heterocycles. The van der Waals surface area contributed by atoms with Crippen LogP contribution in [0.3, 0.4) is 0 Å². The Kier molecular flexibility index (Phi) is 8.30. The molecule has 0 aromatic rings. The van der Waals surface area contributed by atoms with Crippen molar-refractivity contribution in [1.29, 1.82) is 0 Å². The average Bonchev–Trinajstić information content (AvgIpc) is 3.16. The van der Waals surface area contributed by atoms with Crippen molar-refractivity contribution in [1.82, 2.24) is 5.32 Å². The topological polar surface area (TPSA) is 205 Å². The average molecular weight is 576 g/mol. The lowest BCUT2D eigenvalue weighted by Crippen LogP contribution is -2.61. The monoisotopic (exact) mass is 575 g/mol. The number of ketones is 2. The number of carboxylic acids is 2. The number of hydrogen-bond acceptors (Lipinski definition) is 9. The maximum atomic E-state index is 13.3. The van der Waals surface area contributed by atoms with Crippen LogP contribution in [0.15, 0.2) is 23.8 Å². The van der Waals surface area contributed by atoms with Gasteiger partial charge in [-0.15, -0.1) is 0 Å². The van der Waals surface area contributed by atoms with E-state index in [0.717, 1.165) is 12.0 Å². The molecule has 4 aliphatic carbocycles. The molecule has 8 atom stereocenters. The summed E-state index contributed by atoms with van der Waals surface area (Å²) in [7, 11) is 0. The van der Waals surface area contributed by atoms with Crippen LogP contribution in [-0.2, 0) is 33.5 Å². The number of fused-ring (bicyclic) bond motifs is 5. The first-order valence-corrected chi connectivity index (χ1v) is 13.9. The summed E-state index contributed by atoms with van der Waals surface area (Å²) in [5, 5.41) is 42.9. The Morgan fingerprint density at radius 1 is 1.12 bits per heavy atom. The Morgan fingerprint density at radius 2 is 1.83 bits per heavy atom. The highest BCUT2D eigenvalue weighted by Gasteiger charge is 2.68. The number of amides is 1. The number of allylic oxidation sites excluding steroid dienone is 4. The van der Waals surface area contributed by atoms with E-state index < -0.39 is 84.0 Å². The number of hydrogen-bond donors (Lipinski definition) is 5. The van der Waals surface area contributed by atoms with E-state index in [9.17, 15) is 39.0 Å². The van der Waals surface area contributed by atoms with Crippen molar-refractivity contribution >= 4 is 35.4 Å². The molecular formula is C29H37NO11. The molecule has 12 heteroatoms. The number of carbonyl (C=O) groups is 6. The first-order valence-electron chi connectivity index (χ1n) is 13.9. The van der Waals surface area contributed by atoms with Crippen LogP contribution in [0.2, 0.25) is 0 Å². The quantitative estimate of drug-likeness (QED) is 0.232. The molecule has 0 saturated heterocycles. The zero-order valence-electron chi connectivity index (χ0n) is 23.1. The predicted molar refractivity (Wildman–Crippen MR) is 140 cm³/mol. The van der Waals surface area contributed by atoms with E-state index >= 15 is 0 Å². The molecule has 0 radical (unpaired) electrons. The lowest BCUT2D eigenvalue weighted by molar-refractivity contribution is -0.181. The van der Waals surface area contributed by atoms with Crippen molar-refractivity contribution in [2.75, 3.05) is 6.61 Å². The van der Waals surface area contributed by atoms with Crippen LogP contribution in [-0.4, -0.2) is 80.2 Å². The van der Waals surface area contributed by atoms with Gasteiger partial charge in [0.25, 0.3) is 0 Å². The van der Waals surface area contributed by atoms with Crippen LogP contribution in [0.4, 0.5) is 0 Å². The minimum absolute atomic E-state index is 0.0161. The zero-order valence-corrected chi connectivity index (χ0v) is 23.1. The summed E-state index contributed by atoms with van der Waals surface area (Å²) >= 11 is 0. The van der Waals surface area contributed by atoms with Gasteiger partial charge in [-0.25, -0.2) is 4.79 Å². The third-order valence-electron chi connectivity index (χ3n) is 10.0. The highest BCUT2D eigenvalue weighted by Crippen LogP contribution is 2.67. The van der Waals surface area contributed by atoms with E-state index in [1.807, 2.05) is 18.3 Å². The molecule has 224 valence electrons. The Morgan fingerprint density at radius 3 is 2.49 bits per heavy atom. The number of esters is 1. The van der Waals surface area contributed by atoms with Crippen LogP contribution in [0, 0.1) is 28.6 Å². The van der Waals surface area contributed by atoms with E-state index in [1.54, 1.807) is 19.1 Å². The van der Waals surface area contributed by atoms with Crippen molar-refractivity contribution in [3.8, 4) is 0 Å². The third-order valence-corrected chi connectivity index (χ3v) is 10.0. The fourth-order valence-electron chi connectivity index (χ4n) is 7.98. The molecule has 4 rings (SSSR count). The maximum Gasteiger partial charge on any atom is 0.326 e. The van der Waals surface area contributed by atoms with E-state index in [4.69, 9.17) is 14.9 Å². The smallest absolute Gasteiger partial charge is 0.326 e. The molecule has 0 aromatic heterocycles. The molecule has 5 N–H and O–H groups in total. The van der Waals surface area contributed by atoms with E-state index in [2.05, 4.69) is 0 Å². The van der Waals surface area contributed by atoms with Crippen molar-refractivity contribution in [2.24, 2.45) is 28.6 Å². The number of rotatable bonds is 10. The standard InChI is InChI=1S/C29H37NO11/c1-27-9-7-16(31)11-15(27)3-4-17-18-8-10-29(40,28(18,2)13-20(32)25(17)27)21(33)14-41-24(37)6-5-22(34)30-19(26(38)39)12-23(35)36/h7,9,11,17-20,25,32,40H,3-6,8,10,12-14H2,1-2H3,(H,30,34)(H,35,36)(H,38,39)/t17-,18+,19+,20-,25-,27-,28-,29-/m0/s1. The Balaban J connectivity index is 1.37. The lowest BCUT2D eigenvalue weighted by Gasteiger charge is -2.59. The summed E-state index contributed by atoms with van der Waals surface area (Å²) in [6.07, 6.45) is 4.74. The van der Waals surface area contributed by atoms with Gasteiger partial charge in [-0.3, -0.25) is 24.0 Å². The molecule has 3 fully saturated rings. The summed E-state index contributed by atoms with van der Waals surface area (Å²) in [4.78, 5) is 71.4. The largest absolute Gasteiger partial charge is 0.481 e. The highest BCUT2D eigenvalue weighted by molar-refractivity contribution is 6.01. The minimum Gasteiger partial charge on any atom is -0.481 e. The second kappa shape index (κ2) is 11.1. The van der Waals surface area contributed by atoms with E-state index in [-0.39, 0.29) is 36.4 Å². The molecule has 1 amide bonds. The summed E-state index contributed by atoms with van der Waals surface area (Å²) in [5.74, 6) is -5.70. The molecular weight excluding hydrogens is 538 g/mol. The van der Waals surface area contributed by atoms with Crippen LogP contribution >= 0.6 is 0 Å². The van der Waals surface area contributed by atoms with Crippen LogP contribution in [0.5, 0.6) is 0 Å². The van der Waals surface area contributed by atoms with Crippen LogP contribution < -0.4 is 5.32 Å². The van der Waals surface area contributed by atoms with Gasteiger partial charge in [0.1, 0.15) is 11.6 Å². The second-order valence-electron chi connectivity index (χ2n) is 12.3. The lowest BCUT2D eigenvalue weighted by atomic mass is 9.46. The predicted octanol–water partition coefficient (Wildman–Crippen LogP) is 0.933. The Bertz CT molecular complexity index is 1220. The second-order valence-corrected chi connectivity index (χ2v) is 12.3. The van der Waals surface area contributed by atoms with E-state index in [1.165, 1.54) is 0 Å². The summed E-state index contributed by atoms with van der Waals surface area (Å²) in [6.45, 7) is 3.11. The van der Waals surface area contributed by atoms with E-state index in [0.29, 0.717) is 12.8 Å². The molecule has 41 heavy (non-hydrogen) atoms. The third kappa shape index (κ3) is 5.46. The number of carboxylic acid groups (broad SMARTS) is 2. The van der Waals surface area contributed by atoms with Gasteiger partial charge in [0.2, 0.25) is 11.7 Å². The number of aliphatic carboxylic acids is 2. The molecule has 0 spiro atoms. The van der Waals surface area contributed by atoms with Gasteiger partial charge in [0.15, 0.2) is 12.4 Å². The first kappa shape index (κ1) is 30.6. The number of ether oxygens (including phenoxy) is 1. The normalized spacial score (nSPS) is 36.2. The molecule has 4 aliphatic rings. The molecule has 12 nitrogen and oxygen atoms in total. The summed E-state index contributed by atoms with van der Waals surface area (Å²) in [5.41, 5.74) is -2.28. The van der Waals surface area contributed by atoms with Gasteiger partial charge in [-0.2, -0.15) is 0 Å². The van der Waals surface area contributed by atoms with Gasteiger partial charge in [0, 0.05) is 23.2 Å². The van der Waals surface area contributed by atoms with Crippen molar-refractivity contribution in [3.63, 3.8) is 0 Å². The van der Waals surface area contributed by atoms with Gasteiger partial charge < -0.3 is 30.5 Å². The van der Waals surface area contributed by atoms with Gasteiger partial charge in [-0.1, -0.05) is 25.5 Å². The van der Waals surface area contributed by atoms with Gasteiger partial charge >= 0.3 is 17.9 Å². The highest BCUT2D eigenvalue weighted by atomic mass is 16.5. The number of carbonyl (C=O) groups excluding carboxylic acids is 4. The molecule has 0 aliphatic heterocycles. The SMILES string of the molecule is C[C@]12C=CC(=O)C=C1CC[C@@H]1[C@H]2[C@@H](O)C[C@@]2(C)[C@@H]1CC[C@]2(O)C(=O)COC(=O)CCC(=O)N[C@H](CC(=O)O)C(=O)O. The minimum atomic E-state index is -1.83. The van der Waals surface area contributed by atoms with Gasteiger partial charge in [0.05, 0.1) is 18.9 Å². The molecule has 0 bridgehead atoms.